The fraction of sp³-hybridized carbons (Fsp3) is 0.412. The molecule has 0 amide bonds. The average Bonchev–Trinajstić information content (AvgIpc) is 3.04. The van der Waals surface area contributed by atoms with E-state index in [9.17, 15) is 0 Å². The number of rotatable bonds is 4. The summed E-state index contributed by atoms with van der Waals surface area (Å²) in [5.41, 5.74) is 4.60. The van der Waals surface area contributed by atoms with E-state index in [-0.39, 0.29) is 1.43 Å². The predicted molar refractivity (Wildman–Crippen MR) is 82.1 cm³/mol. The van der Waals surface area contributed by atoms with Crippen LogP contribution in [-0.2, 0) is 0 Å². The fourth-order valence-corrected chi connectivity index (χ4v) is 3.76. The number of thiophene rings is 1. The summed E-state index contributed by atoms with van der Waals surface area (Å²) in [6.45, 7) is 2.27. The van der Waals surface area contributed by atoms with Crippen molar-refractivity contribution < 1.29 is 1.43 Å². The minimum Gasteiger partial charge on any atom is -0.152 e. The lowest BCUT2D eigenvalue weighted by molar-refractivity contribution is 0.619. The van der Waals surface area contributed by atoms with Gasteiger partial charge in [0.25, 0.3) is 0 Å². The van der Waals surface area contributed by atoms with Gasteiger partial charge in [-0.25, -0.2) is 0 Å². The quantitative estimate of drug-likeness (QED) is 0.649. The molecular weight excluding hydrogens is 236 g/mol. The Morgan fingerprint density at radius 2 is 2.33 bits per heavy atom. The van der Waals surface area contributed by atoms with Gasteiger partial charge in [-0.1, -0.05) is 43.2 Å². The maximum absolute atomic E-state index is 2.52. The van der Waals surface area contributed by atoms with Gasteiger partial charge in [-0.05, 0) is 53.1 Å². The molecule has 0 saturated carbocycles. The summed E-state index contributed by atoms with van der Waals surface area (Å²) < 4.78 is 0. The van der Waals surface area contributed by atoms with Gasteiger partial charge < -0.3 is 0 Å². The van der Waals surface area contributed by atoms with Crippen LogP contribution in [0, 0.1) is 5.92 Å². The second-order valence-electron chi connectivity index (χ2n) is 5.31. The van der Waals surface area contributed by atoms with Gasteiger partial charge in [0.05, 0.1) is 0 Å². The maximum Gasteiger partial charge on any atom is 0.00926 e. The van der Waals surface area contributed by atoms with Gasteiger partial charge in [0.2, 0.25) is 0 Å². The van der Waals surface area contributed by atoms with Crippen molar-refractivity contribution in [1.29, 1.82) is 0 Å². The highest BCUT2D eigenvalue weighted by molar-refractivity contribution is 7.08. The summed E-state index contributed by atoms with van der Waals surface area (Å²) >= 11 is 1.82. The third-order valence-corrected chi connectivity index (χ3v) is 4.80. The van der Waals surface area contributed by atoms with Crippen molar-refractivity contribution in [3.63, 3.8) is 0 Å². The van der Waals surface area contributed by atoms with Crippen LogP contribution in [0.5, 0.6) is 0 Å². The molecular formula is C17H22S. The highest BCUT2D eigenvalue weighted by Gasteiger charge is 2.29. The molecule has 2 aliphatic carbocycles. The standard InChI is InChI=1S/C17H20S.H2/c1-2-3-4-13-5-6-14-7-8-16(17(14)11-13)15-9-10-18-12-15;/h5-7,9-12,16-17H,2-4,8H2,1H3;1H. The molecule has 3 rings (SSSR count). The van der Waals surface area contributed by atoms with Crippen LogP contribution >= 0.6 is 11.3 Å². The first-order valence-corrected chi connectivity index (χ1v) is 7.93. The zero-order chi connectivity index (χ0) is 12.4. The smallest absolute Gasteiger partial charge is 0.00926 e. The van der Waals surface area contributed by atoms with Crippen LogP contribution in [0.4, 0.5) is 0 Å². The molecule has 0 aromatic carbocycles. The Kier molecular flexibility index (Phi) is 3.51. The minimum atomic E-state index is 0. The molecule has 1 aromatic rings. The zero-order valence-corrected chi connectivity index (χ0v) is 11.7. The Morgan fingerprint density at radius 1 is 1.39 bits per heavy atom. The Bertz CT molecular complexity index is 493. The second kappa shape index (κ2) is 5.27. The first kappa shape index (κ1) is 12.0. The van der Waals surface area contributed by atoms with Crippen molar-refractivity contribution in [3.05, 3.63) is 57.8 Å². The Labute approximate surface area is 115 Å². The van der Waals surface area contributed by atoms with Gasteiger partial charge in [0, 0.05) is 7.34 Å². The first-order valence-electron chi connectivity index (χ1n) is 6.99. The van der Waals surface area contributed by atoms with Crippen LogP contribution in [0.1, 0.15) is 45.5 Å². The maximum atomic E-state index is 2.52. The van der Waals surface area contributed by atoms with Gasteiger partial charge in [0.15, 0.2) is 0 Å². The van der Waals surface area contributed by atoms with E-state index in [1.54, 1.807) is 5.57 Å². The number of hydrogen-bond donors (Lipinski definition) is 0. The fourth-order valence-electron chi connectivity index (χ4n) is 3.04. The van der Waals surface area contributed by atoms with Gasteiger partial charge in [0.1, 0.15) is 0 Å². The van der Waals surface area contributed by atoms with Crippen molar-refractivity contribution in [2.45, 2.75) is 38.5 Å². The normalized spacial score (nSPS) is 25.8. The molecule has 1 heteroatoms. The SMILES string of the molecule is CCCCC1=CC2C(=CCC2c2ccsc2)C=C1.[HH]. The molecule has 0 bridgehead atoms. The summed E-state index contributed by atoms with van der Waals surface area (Å²) in [5.74, 6) is 1.32. The molecule has 2 atom stereocenters. The second-order valence-corrected chi connectivity index (χ2v) is 6.09. The minimum absolute atomic E-state index is 0. The van der Waals surface area contributed by atoms with E-state index in [0.717, 1.165) is 0 Å². The monoisotopic (exact) mass is 258 g/mol. The van der Waals surface area contributed by atoms with E-state index in [4.69, 9.17) is 0 Å². The summed E-state index contributed by atoms with van der Waals surface area (Å²) in [4.78, 5) is 0. The van der Waals surface area contributed by atoms with Gasteiger partial charge >= 0.3 is 0 Å². The number of fused-ring (bicyclic) bond motifs is 1. The van der Waals surface area contributed by atoms with Crippen molar-refractivity contribution in [2.75, 3.05) is 0 Å². The summed E-state index contributed by atoms with van der Waals surface area (Å²) in [5, 5.41) is 4.52. The highest BCUT2D eigenvalue weighted by Crippen LogP contribution is 2.44. The molecule has 0 aliphatic heterocycles. The van der Waals surface area contributed by atoms with Crippen molar-refractivity contribution in [1.82, 2.24) is 0 Å². The molecule has 0 N–H and O–H groups in total. The Morgan fingerprint density at radius 3 is 3.11 bits per heavy atom. The van der Waals surface area contributed by atoms with E-state index < -0.39 is 0 Å². The molecule has 0 fully saturated rings. The first-order chi connectivity index (χ1) is 8.88. The van der Waals surface area contributed by atoms with E-state index in [0.29, 0.717) is 11.8 Å². The van der Waals surface area contributed by atoms with Crippen molar-refractivity contribution >= 4 is 11.3 Å². The summed E-state index contributed by atoms with van der Waals surface area (Å²) in [6, 6.07) is 2.30. The van der Waals surface area contributed by atoms with Crippen LogP contribution in [0.3, 0.4) is 0 Å². The van der Waals surface area contributed by atoms with Crippen molar-refractivity contribution in [3.8, 4) is 0 Å². The van der Waals surface area contributed by atoms with Crippen LogP contribution in [0.15, 0.2) is 52.3 Å². The predicted octanol–water partition coefficient (Wildman–Crippen LogP) is 5.71. The third kappa shape index (κ3) is 2.24. The van der Waals surface area contributed by atoms with Gasteiger partial charge in [-0.15, -0.1) is 0 Å². The molecule has 0 nitrogen and oxygen atoms in total. The molecule has 1 aromatic heterocycles. The topological polar surface area (TPSA) is 0 Å². The number of allylic oxidation sites excluding steroid dienone is 6. The van der Waals surface area contributed by atoms with Gasteiger partial charge in [-0.2, -0.15) is 11.3 Å². The number of hydrogen-bond acceptors (Lipinski definition) is 1. The molecule has 0 spiro atoms. The summed E-state index contributed by atoms with van der Waals surface area (Å²) in [7, 11) is 0. The van der Waals surface area contributed by atoms with E-state index in [1.807, 2.05) is 11.3 Å². The van der Waals surface area contributed by atoms with Crippen LogP contribution in [0.2, 0.25) is 0 Å². The van der Waals surface area contributed by atoms with Crippen LogP contribution < -0.4 is 0 Å². The van der Waals surface area contributed by atoms with Crippen LogP contribution in [0.25, 0.3) is 0 Å². The van der Waals surface area contributed by atoms with Crippen molar-refractivity contribution in [2.24, 2.45) is 5.92 Å². The zero-order valence-electron chi connectivity index (χ0n) is 10.9. The largest absolute Gasteiger partial charge is 0.152 e. The van der Waals surface area contributed by atoms with E-state index >= 15 is 0 Å². The number of unbranched alkanes of at least 4 members (excludes halogenated alkanes) is 1. The lowest BCUT2D eigenvalue weighted by atomic mass is 9.82. The Hall–Kier alpha value is -1.08. The summed E-state index contributed by atoms with van der Waals surface area (Å²) in [6.07, 6.45) is 14.7. The molecule has 0 saturated heterocycles. The van der Waals surface area contributed by atoms with E-state index in [2.05, 4.69) is 48.1 Å². The van der Waals surface area contributed by atoms with E-state index in [1.165, 1.54) is 36.8 Å². The lowest BCUT2D eigenvalue weighted by Crippen LogP contribution is -2.09. The molecule has 0 radical (unpaired) electrons. The Balaban J connectivity index is 0.00000133. The average molecular weight is 258 g/mol. The van der Waals surface area contributed by atoms with Crippen LogP contribution in [-0.4, -0.2) is 0 Å². The molecule has 1 heterocycles. The highest BCUT2D eigenvalue weighted by atomic mass is 32.1. The lowest BCUT2D eigenvalue weighted by Gasteiger charge is -2.22. The molecule has 2 aliphatic rings. The van der Waals surface area contributed by atoms with Gasteiger partial charge in [-0.3, -0.25) is 0 Å². The molecule has 2 unspecified atom stereocenters. The third-order valence-electron chi connectivity index (χ3n) is 4.10. The molecule has 96 valence electrons. The molecule has 18 heavy (non-hydrogen) atoms.